The summed E-state index contributed by atoms with van der Waals surface area (Å²) >= 11 is 0. The molecule has 4 rings (SSSR count). The highest BCUT2D eigenvalue weighted by molar-refractivity contribution is 5.96. The Balaban J connectivity index is 2.16. The number of ether oxygens (including phenoxy) is 1. The number of hydrogen-bond donors (Lipinski definition) is 1. The van der Waals surface area contributed by atoms with Gasteiger partial charge in [-0.15, -0.1) is 0 Å². The number of hydrogen-bond acceptors (Lipinski definition) is 5. The molecule has 2 aromatic heterocycles. The van der Waals surface area contributed by atoms with Gasteiger partial charge >= 0.3 is 0 Å². The summed E-state index contributed by atoms with van der Waals surface area (Å²) in [6.07, 6.45) is 0. The predicted octanol–water partition coefficient (Wildman–Crippen LogP) is 3.32. The Morgan fingerprint density at radius 1 is 1.10 bits per heavy atom. The van der Waals surface area contributed by atoms with Gasteiger partial charge in [0, 0.05) is 5.56 Å². The summed E-state index contributed by atoms with van der Waals surface area (Å²) in [5, 5.41) is 10.0. The predicted molar refractivity (Wildman–Crippen MR) is 114 cm³/mol. The van der Waals surface area contributed by atoms with Gasteiger partial charge in [0.05, 0.1) is 17.7 Å². The molecule has 0 unspecified atom stereocenters. The lowest BCUT2D eigenvalue weighted by Crippen LogP contribution is -2.27. The minimum absolute atomic E-state index is 0.112. The third kappa shape index (κ3) is 3.14. The molecule has 0 aliphatic heterocycles. The van der Waals surface area contributed by atoms with Gasteiger partial charge in [0.1, 0.15) is 23.2 Å². The van der Waals surface area contributed by atoms with E-state index in [1.807, 2.05) is 19.1 Å². The van der Waals surface area contributed by atoms with Gasteiger partial charge in [0.2, 0.25) is 0 Å². The molecule has 0 aliphatic carbocycles. The van der Waals surface area contributed by atoms with Gasteiger partial charge in [-0.3, -0.25) is 14.2 Å². The summed E-state index contributed by atoms with van der Waals surface area (Å²) in [7, 11) is 0. The molecule has 4 aromatic rings. The van der Waals surface area contributed by atoms with E-state index in [0.29, 0.717) is 29.4 Å². The van der Waals surface area contributed by atoms with Crippen molar-refractivity contribution < 1.29 is 4.74 Å². The maximum Gasteiger partial charge on any atom is 0.275 e. The molecule has 0 saturated carbocycles. The average Bonchev–Trinajstić information content (AvgIpc) is 2.74. The van der Waals surface area contributed by atoms with Gasteiger partial charge in [0.25, 0.3) is 11.1 Å². The van der Waals surface area contributed by atoms with Crippen molar-refractivity contribution in [1.82, 2.24) is 14.5 Å². The van der Waals surface area contributed by atoms with Crippen LogP contribution in [-0.2, 0) is 0 Å². The number of fused-ring (bicyclic) bond motifs is 1. The number of pyridine rings is 1. The molecule has 2 aromatic carbocycles. The van der Waals surface area contributed by atoms with Gasteiger partial charge < -0.3 is 9.72 Å². The molecule has 0 aliphatic rings. The fourth-order valence-corrected chi connectivity index (χ4v) is 3.49. The van der Waals surface area contributed by atoms with Crippen LogP contribution in [-0.4, -0.2) is 21.1 Å². The largest absolute Gasteiger partial charge is 0.494 e. The number of nitriles is 1. The molecule has 7 nitrogen and oxygen atoms in total. The van der Waals surface area contributed by atoms with Crippen LogP contribution in [0.4, 0.5) is 0 Å². The monoisotopic (exact) mass is 398 g/mol. The van der Waals surface area contributed by atoms with Crippen LogP contribution in [0.3, 0.4) is 0 Å². The van der Waals surface area contributed by atoms with Gasteiger partial charge in [-0.25, -0.2) is 4.98 Å². The average molecular weight is 398 g/mol. The molecule has 1 N–H and O–H groups in total. The molecule has 148 valence electrons. The SMILES string of the molecule is CCOc1ccc(-n2c(=O)c(C#N)c(-c3ccccc3)c3c(=O)[nH]c(C)nc32)cc1. The van der Waals surface area contributed by atoms with Gasteiger partial charge in [-0.2, -0.15) is 5.26 Å². The summed E-state index contributed by atoms with van der Waals surface area (Å²) < 4.78 is 6.77. The van der Waals surface area contributed by atoms with Crippen molar-refractivity contribution in [2.75, 3.05) is 6.61 Å². The van der Waals surface area contributed by atoms with E-state index in [1.165, 1.54) is 4.57 Å². The maximum absolute atomic E-state index is 13.4. The first-order valence-corrected chi connectivity index (χ1v) is 9.43. The smallest absolute Gasteiger partial charge is 0.275 e. The Kier molecular flexibility index (Phi) is 4.90. The fraction of sp³-hybridized carbons (Fsp3) is 0.130. The molecule has 0 fully saturated rings. The van der Waals surface area contributed by atoms with Crippen LogP contribution in [0.25, 0.3) is 27.8 Å². The topological polar surface area (TPSA) is 101 Å². The zero-order chi connectivity index (χ0) is 21.3. The first kappa shape index (κ1) is 19.2. The number of rotatable bonds is 4. The zero-order valence-electron chi connectivity index (χ0n) is 16.5. The first-order chi connectivity index (χ1) is 14.5. The van der Waals surface area contributed by atoms with Crippen LogP contribution in [0, 0.1) is 18.3 Å². The molecule has 0 saturated heterocycles. The second-order valence-electron chi connectivity index (χ2n) is 6.65. The second kappa shape index (κ2) is 7.68. The fourth-order valence-electron chi connectivity index (χ4n) is 3.49. The Hall–Kier alpha value is -4.18. The lowest BCUT2D eigenvalue weighted by atomic mass is 9.98. The van der Waals surface area contributed by atoms with E-state index in [9.17, 15) is 14.9 Å². The third-order valence-electron chi connectivity index (χ3n) is 4.73. The number of H-pyrrole nitrogens is 1. The molecule has 2 heterocycles. The van der Waals surface area contributed by atoms with E-state index in [0.717, 1.165) is 0 Å². The Bertz CT molecular complexity index is 1400. The molecule has 30 heavy (non-hydrogen) atoms. The third-order valence-corrected chi connectivity index (χ3v) is 4.73. The molecular formula is C23H18N4O3. The Morgan fingerprint density at radius 2 is 1.80 bits per heavy atom. The summed E-state index contributed by atoms with van der Waals surface area (Å²) in [6, 6.07) is 17.8. The molecule has 7 heteroatoms. The summed E-state index contributed by atoms with van der Waals surface area (Å²) in [4.78, 5) is 33.5. The first-order valence-electron chi connectivity index (χ1n) is 9.43. The number of benzene rings is 2. The zero-order valence-corrected chi connectivity index (χ0v) is 16.5. The number of aryl methyl sites for hydroxylation is 1. The molecule has 0 bridgehead atoms. The van der Waals surface area contributed by atoms with E-state index >= 15 is 0 Å². The van der Waals surface area contributed by atoms with E-state index in [-0.39, 0.29) is 22.2 Å². The number of nitrogens with zero attached hydrogens (tertiary/aromatic N) is 3. The normalized spacial score (nSPS) is 10.7. The molecule has 0 atom stereocenters. The lowest BCUT2D eigenvalue weighted by Gasteiger charge is -2.15. The van der Waals surface area contributed by atoms with Gasteiger partial charge in [-0.1, -0.05) is 30.3 Å². The molecule has 0 spiro atoms. The number of nitrogens with one attached hydrogen (secondary N) is 1. The van der Waals surface area contributed by atoms with E-state index in [1.54, 1.807) is 55.5 Å². The molecule has 0 radical (unpaired) electrons. The van der Waals surface area contributed by atoms with Crippen LogP contribution < -0.4 is 15.9 Å². The molecule has 0 amide bonds. The van der Waals surface area contributed by atoms with Crippen molar-refractivity contribution in [3.05, 3.63) is 86.7 Å². The van der Waals surface area contributed by atoms with Crippen molar-refractivity contribution in [3.63, 3.8) is 0 Å². The van der Waals surface area contributed by atoms with Crippen LogP contribution in [0.5, 0.6) is 5.75 Å². The van der Waals surface area contributed by atoms with Gasteiger partial charge in [-0.05, 0) is 43.7 Å². The van der Waals surface area contributed by atoms with E-state index in [4.69, 9.17) is 4.74 Å². The van der Waals surface area contributed by atoms with Crippen LogP contribution in [0.1, 0.15) is 18.3 Å². The molecular weight excluding hydrogens is 380 g/mol. The van der Waals surface area contributed by atoms with Crippen LogP contribution >= 0.6 is 0 Å². The van der Waals surface area contributed by atoms with Crippen molar-refractivity contribution >= 4 is 11.0 Å². The van der Waals surface area contributed by atoms with Crippen molar-refractivity contribution in [2.24, 2.45) is 0 Å². The highest BCUT2D eigenvalue weighted by atomic mass is 16.5. The van der Waals surface area contributed by atoms with Gasteiger partial charge in [0.15, 0.2) is 5.65 Å². The van der Waals surface area contributed by atoms with Crippen molar-refractivity contribution in [2.45, 2.75) is 13.8 Å². The second-order valence-corrected chi connectivity index (χ2v) is 6.65. The van der Waals surface area contributed by atoms with Crippen molar-refractivity contribution in [3.8, 4) is 28.6 Å². The van der Waals surface area contributed by atoms with Crippen LogP contribution in [0.15, 0.2) is 64.2 Å². The summed E-state index contributed by atoms with van der Waals surface area (Å²) in [5.74, 6) is 1.03. The van der Waals surface area contributed by atoms with Crippen molar-refractivity contribution in [1.29, 1.82) is 5.26 Å². The van der Waals surface area contributed by atoms with E-state index in [2.05, 4.69) is 9.97 Å². The standard InChI is InChI=1S/C23H18N4O3/c1-3-30-17-11-9-16(10-12-17)27-21-20(22(28)26-14(2)25-21)19(18(13-24)23(27)29)15-7-5-4-6-8-15/h4-12H,3H2,1-2H3,(H,25,26,28). The lowest BCUT2D eigenvalue weighted by molar-refractivity contribution is 0.340. The highest BCUT2D eigenvalue weighted by Gasteiger charge is 2.22. The summed E-state index contributed by atoms with van der Waals surface area (Å²) in [5.41, 5.74) is 0.516. The number of aromatic nitrogens is 3. The Labute approximate surface area is 171 Å². The highest BCUT2D eigenvalue weighted by Crippen LogP contribution is 2.28. The number of aromatic amines is 1. The minimum atomic E-state index is -0.537. The maximum atomic E-state index is 13.4. The van der Waals surface area contributed by atoms with Crippen LogP contribution in [0.2, 0.25) is 0 Å². The minimum Gasteiger partial charge on any atom is -0.494 e. The summed E-state index contributed by atoms with van der Waals surface area (Å²) in [6.45, 7) is 4.04. The quantitative estimate of drug-likeness (QED) is 0.568. The Morgan fingerprint density at radius 3 is 2.43 bits per heavy atom. The van der Waals surface area contributed by atoms with E-state index < -0.39 is 11.1 Å².